The maximum absolute atomic E-state index is 2.56. The van der Waals surface area contributed by atoms with E-state index in [9.17, 15) is 0 Å². The summed E-state index contributed by atoms with van der Waals surface area (Å²) in [5, 5.41) is 0. The first-order valence-corrected chi connectivity index (χ1v) is 6.67. The van der Waals surface area contributed by atoms with Crippen LogP contribution in [0.1, 0.15) is 40.5 Å². The molecular formula is C13H30N2. The van der Waals surface area contributed by atoms with Crippen LogP contribution in [-0.2, 0) is 0 Å². The van der Waals surface area contributed by atoms with Crippen LogP contribution in [0.15, 0.2) is 0 Å². The summed E-state index contributed by atoms with van der Waals surface area (Å²) in [5.74, 6) is 0.952. The monoisotopic (exact) mass is 214 g/mol. The Morgan fingerprint density at radius 3 is 2.07 bits per heavy atom. The van der Waals surface area contributed by atoms with E-state index in [4.69, 9.17) is 0 Å². The molecule has 0 aromatic heterocycles. The second kappa shape index (κ2) is 9.17. The topological polar surface area (TPSA) is 6.48 Å². The van der Waals surface area contributed by atoms with E-state index in [2.05, 4.69) is 30.7 Å². The van der Waals surface area contributed by atoms with Crippen LogP contribution in [0, 0.1) is 5.92 Å². The van der Waals surface area contributed by atoms with Crippen LogP contribution in [-0.4, -0.2) is 49.6 Å². The first-order chi connectivity index (χ1) is 7.26. The molecule has 0 unspecified atom stereocenters. The van der Waals surface area contributed by atoms with Crippen LogP contribution in [0.25, 0.3) is 0 Å². The van der Waals surface area contributed by atoms with E-state index in [0.717, 1.165) is 5.92 Å². The van der Waals surface area contributed by atoms with Crippen molar-refractivity contribution in [3.8, 4) is 0 Å². The summed E-state index contributed by atoms with van der Waals surface area (Å²) in [4.78, 5) is 4.99. The van der Waals surface area contributed by atoms with Gasteiger partial charge in [0, 0.05) is 6.54 Å². The van der Waals surface area contributed by atoms with Gasteiger partial charge in [0.15, 0.2) is 0 Å². The minimum Gasteiger partial charge on any atom is -0.306 e. The fourth-order valence-corrected chi connectivity index (χ4v) is 2.06. The summed E-state index contributed by atoms with van der Waals surface area (Å²) in [7, 11) is 2.23. The first-order valence-electron chi connectivity index (χ1n) is 6.67. The zero-order valence-electron chi connectivity index (χ0n) is 11.4. The van der Waals surface area contributed by atoms with Gasteiger partial charge in [-0.1, -0.05) is 27.7 Å². The van der Waals surface area contributed by atoms with Gasteiger partial charge in [-0.3, -0.25) is 0 Å². The third-order valence-corrected chi connectivity index (χ3v) is 3.26. The molecule has 1 aliphatic heterocycles. The average molecular weight is 214 g/mol. The Kier molecular flexibility index (Phi) is 9.12. The highest BCUT2D eigenvalue weighted by atomic mass is 15.1. The van der Waals surface area contributed by atoms with Gasteiger partial charge in [-0.15, -0.1) is 0 Å². The Hall–Kier alpha value is -0.0800. The number of likely N-dealkylation sites (tertiary alicyclic amines) is 1. The van der Waals surface area contributed by atoms with E-state index in [1.165, 1.54) is 45.6 Å². The molecule has 0 radical (unpaired) electrons. The zero-order valence-corrected chi connectivity index (χ0v) is 11.4. The molecule has 0 spiro atoms. The van der Waals surface area contributed by atoms with Crippen molar-refractivity contribution in [2.75, 3.05) is 39.8 Å². The molecule has 15 heavy (non-hydrogen) atoms. The van der Waals surface area contributed by atoms with Gasteiger partial charge in [-0.25, -0.2) is 0 Å². The quantitative estimate of drug-likeness (QED) is 0.710. The van der Waals surface area contributed by atoms with Gasteiger partial charge in [0.05, 0.1) is 0 Å². The Morgan fingerprint density at radius 1 is 1.13 bits per heavy atom. The van der Waals surface area contributed by atoms with Gasteiger partial charge in [-0.2, -0.15) is 0 Å². The molecule has 0 N–H and O–H groups in total. The number of rotatable bonds is 4. The SMILES string of the molecule is CC.CCN(C)CC1CCN(CC)CC1. The Morgan fingerprint density at radius 2 is 1.67 bits per heavy atom. The molecule has 0 bridgehead atoms. The van der Waals surface area contributed by atoms with Crippen LogP contribution in [0.4, 0.5) is 0 Å². The van der Waals surface area contributed by atoms with Crippen LogP contribution in [0.3, 0.4) is 0 Å². The van der Waals surface area contributed by atoms with Crippen molar-refractivity contribution in [2.24, 2.45) is 5.92 Å². The zero-order chi connectivity index (χ0) is 11.7. The number of piperidine rings is 1. The van der Waals surface area contributed by atoms with Crippen molar-refractivity contribution in [3.63, 3.8) is 0 Å². The van der Waals surface area contributed by atoms with Gasteiger partial charge >= 0.3 is 0 Å². The highest BCUT2D eigenvalue weighted by Gasteiger charge is 2.18. The second-order valence-corrected chi connectivity index (χ2v) is 4.23. The molecule has 0 atom stereocenters. The summed E-state index contributed by atoms with van der Waals surface area (Å²) < 4.78 is 0. The molecule has 0 aromatic carbocycles. The van der Waals surface area contributed by atoms with E-state index in [1.807, 2.05) is 13.8 Å². The fourth-order valence-electron chi connectivity index (χ4n) is 2.06. The molecule has 1 rings (SSSR count). The Balaban J connectivity index is 0.000000921. The maximum atomic E-state index is 2.56. The molecule has 2 heteroatoms. The maximum Gasteiger partial charge on any atom is 0.000744 e. The van der Waals surface area contributed by atoms with Crippen molar-refractivity contribution in [1.82, 2.24) is 9.80 Å². The van der Waals surface area contributed by atoms with E-state index in [-0.39, 0.29) is 0 Å². The van der Waals surface area contributed by atoms with Crippen molar-refractivity contribution < 1.29 is 0 Å². The van der Waals surface area contributed by atoms with Gasteiger partial charge in [0.2, 0.25) is 0 Å². The third kappa shape index (κ3) is 6.16. The molecule has 92 valence electrons. The van der Waals surface area contributed by atoms with Crippen LogP contribution in [0.2, 0.25) is 0 Å². The highest BCUT2D eigenvalue weighted by molar-refractivity contribution is 4.73. The van der Waals surface area contributed by atoms with E-state index in [1.54, 1.807) is 0 Å². The lowest BCUT2D eigenvalue weighted by atomic mass is 9.96. The van der Waals surface area contributed by atoms with Crippen molar-refractivity contribution in [1.29, 1.82) is 0 Å². The minimum atomic E-state index is 0.952. The summed E-state index contributed by atoms with van der Waals surface area (Å²) in [6.07, 6.45) is 2.80. The number of hydrogen-bond acceptors (Lipinski definition) is 2. The minimum absolute atomic E-state index is 0.952. The molecule has 0 saturated carbocycles. The summed E-state index contributed by atoms with van der Waals surface area (Å²) >= 11 is 0. The molecule has 1 heterocycles. The van der Waals surface area contributed by atoms with E-state index in [0.29, 0.717) is 0 Å². The summed E-state index contributed by atoms with van der Waals surface area (Å²) in [5.41, 5.74) is 0. The third-order valence-electron chi connectivity index (χ3n) is 3.26. The molecular weight excluding hydrogens is 184 g/mol. The van der Waals surface area contributed by atoms with Crippen LogP contribution < -0.4 is 0 Å². The summed E-state index contributed by atoms with van der Waals surface area (Å²) in [6, 6.07) is 0. The van der Waals surface area contributed by atoms with Crippen LogP contribution >= 0.6 is 0 Å². The van der Waals surface area contributed by atoms with Gasteiger partial charge in [-0.05, 0) is 52.0 Å². The second-order valence-electron chi connectivity index (χ2n) is 4.23. The van der Waals surface area contributed by atoms with Crippen molar-refractivity contribution in [3.05, 3.63) is 0 Å². The summed E-state index contributed by atoms with van der Waals surface area (Å²) in [6.45, 7) is 14.9. The lowest BCUT2D eigenvalue weighted by Crippen LogP contribution is -2.37. The fraction of sp³-hybridized carbons (Fsp3) is 1.00. The number of hydrogen-bond donors (Lipinski definition) is 0. The Bertz CT molecular complexity index is 128. The Labute approximate surface area is 96.6 Å². The normalized spacial score (nSPS) is 18.8. The van der Waals surface area contributed by atoms with Gasteiger partial charge < -0.3 is 9.80 Å². The lowest BCUT2D eigenvalue weighted by Gasteiger charge is -2.32. The van der Waals surface area contributed by atoms with Crippen molar-refractivity contribution in [2.45, 2.75) is 40.5 Å². The largest absolute Gasteiger partial charge is 0.306 e. The average Bonchev–Trinajstić information content (AvgIpc) is 2.32. The standard InChI is InChI=1S/C11H24N2.C2H6/c1-4-12(3)10-11-6-8-13(5-2)9-7-11;1-2/h11H,4-10H2,1-3H3;1-2H3. The molecule has 0 amide bonds. The highest BCUT2D eigenvalue weighted by Crippen LogP contribution is 2.17. The molecule has 0 aromatic rings. The molecule has 0 aliphatic carbocycles. The smallest absolute Gasteiger partial charge is 0.000744 e. The van der Waals surface area contributed by atoms with E-state index >= 15 is 0 Å². The molecule has 2 nitrogen and oxygen atoms in total. The lowest BCUT2D eigenvalue weighted by molar-refractivity contribution is 0.162. The first kappa shape index (κ1) is 14.9. The number of nitrogens with zero attached hydrogens (tertiary/aromatic N) is 2. The molecule has 1 saturated heterocycles. The van der Waals surface area contributed by atoms with Crippen LogP contribution in [0.5, 0.6) is 0 Å². The van der Waals surface area contributed by atoms with Gasteiger partial charge in [0.1, 0.15) is 0 Å². The van der Waals surface area contributed by atoms with Crippen molar-refractivity contribution >= 4 is 0 Å². The predicted octanol–water partition coefficient (Wildman–Crippen LogP) is 2.70. The van der Waals surface area contributed by atoms with E-state index < -0.39 is 0 Å². The molecule has 1 fully saturated rings. The molecule has 1 aliphatic rings. The van der Waals surface area contributed by atoms with Gasteiger partial charge in [0.25, 0.3) is 0 Å². The predicted molar refractivity (Wildman–Crippen MR) is 69.4 cm³/mol.